The first kappa shape index (κ1) is 14.5. The number of para-hydroxylation sites is 1. The Balaban J connectivity index is 2.06. The molecule has 1 aromatic carbocycles. The molecule has 2 atom stereocenters. The summed E-state index contributed by atoms with van der Waals surface area (Å²) >= 11 is 0. The van der Waals surface area contributed by atoms with E-state index >= 15 is 0 Å². The maximum Gasteiger partial charge on any atom is 0.316 e. The third-order valence-electron chi connectivity index (χ3n) is 3.58. The van der Waals surface area contributed by atoms with Gasteiger partial charge in [0.1, 0.15) is 0 Å². The molecule has 2 N–H and O–H groups in total. The first-order valence-corrected chi connectivity index (χ1v) is 6.84. The molecule has 5 heteroatoms. The van der Waals surface area contributed by atoms with Crippen LogP contribution in [0.25, 0.3) is 0 Å². The molecule has 1 heterocycles. The first-order chi connectivity index (χ1) is 9.54. The number of hydrogen-bond acceptors (Lipinski definition) is 3. The summed E-state index contributed by atoms with van der Waals surface area (Å²) in [4.78, 5) is 25.6. The van der Waals surface area contributed by atoms with E-state index in [4.69, 9.17) is 5.11 Å². The quantitative estimate of drug-likeness (QED) is 0.805. The van der Waals surface area contributed by atoms with Gasteiger partial charge in [-0.25, -0.2) is 0 Å². The second-order valence-electron chi connectivity index (χ2n) is 5.37. The number of aliphatic hydroxyl groups is 1. The average Bonchev–Trinajstić information content (AvgIpc) is 2.81. The highest BCUT2D eigenvalue weighted by molar-refractivity contribution is 6.40. The molecule has 1 aliphatic rings. The van der Waals surface area contributed by atoms with Crippen molar-refractivity contribution in [3.8, 4) is 0 Å². The van der Waals surface area contributed by atoms with E-state index in [0.717, 1.165) is 11.3 Å². The summed E-state index contributed by atoms with van der Waals surface area (Å²) in [6.45, 7) is 4.65. The van der Waals surface area contributed by atoms with Crippen molar-refractivity contribution in [2.45, 2.75) is 19.8 Å². The highest BCUT2D eigenvalue weighted by Gasteiger charge is 2.32. The number of nitrogens with zero attached hydrogens (tertiary/aromatic N) is 1. The predicted octanol–water partition coefficient (Wildman–Crippen LogP) is 0.881. The van der Waals surface area contributed by atoms with Crippen LogP contribution in [-0.2, 0) is 9.59 Å². The molecule has 0 saturated heterocycles. The third-order valence-corrected chi connectivity index (χ3v) is 3.58. The maximum atomic E-state index is 12.2. The standard InChI is InChI=1S/C15H20N2O3/c1-10(9-18)7-16-14(19)15(20)17-8-11(2)12-5-3-4-6-13(12)17/h3-6,10-11,18H,7-9H2,1-2H3,(H,16,19). The highest BCUT2D eigenvalue weighted by atomic mass is 16.3. The summed E-state index contributed by atoms with van der Waals surface area (Å²) in [6.07, 6.45) is 0. The van der Waals surface area contributed by atoms with Crippen molar-refractivity contribution in [2.24, 2.45) is 5.92 Å². The van der Waals surface area contributed by atoms with Crippen LogP contribution >= 0.6 is 0 Å². The Kier molecular flexibility index (Phi) is 4.39. The van der Waals surface area contributed by atoms with Gasteiger partial charge in [-0.1, -0.05) is 32.0 Å². The minimum absolute atomic E-state index is 0.0158. The van der Waals surface area contributed by atoms with Gasteiger partial charge in [-0.2, -0.15) is 0 Å². The smallest absolute Gasteiger partial charge is 0.316 e. The zero-order chi connectivity index (χ0) is 14.7. The lowest BCUT2D eigenvalue weighted by Crippen LogP contribution is -2.44. The minimum atomic E-state index is -0.616. The molecule has 2 unspecified atom stereocenters. The number of aliphatic hydroxyl groups excluding tert-OH is 1. The van der Waals surface area contributed by atoms with Crippen molar-refractivity contribution in [2.75, 3.05) is 24.6 Å². The van der Waals surface area contributed by atoms with E-state index in [1.165, 1.54) is 4.90 Å². The molecular formula is C15H20N2O3. The van der Waals surface area contributed by atoms with E-state index in [0.29, 0.717) is 13.1 Å². The Labute approximate surface area is 118 Å². The summed E-state index contributed by atoms with van der Waals surface area (Å²) in [5, 5.41) is 11.5. The molecule has 0 aromatic heterocycles. The topological polar surface area (TPSA) is 69.6 Å². The molecule has 2 amide bonds. The van der Waals surface area contributed by atoms with Crippen LogP contribution in [0.1, 0.15) is 25.3 Å². The van der Waals surface area contributed by atoms with E-state index < -0.39 is 11.8 Å². The fourth-order valence-electron chi connectivity index (χ4n) is 2.34. The molecule has 0 spiro atoms. The number of fused-ring (bicyclic) bond motifs is 1. The van der Waals surface area contributed by atoms with E-state index in [2.05, 4.69) is 5.32 Å². The van der Waals surface area contributed by atoms with Gasteiger partial charge >= 0.3 is 11.8 Å². The summed E-state index contributed by atoms with van der Waals surface area (Å²) in [5.74, 6) is -0.975. The van der Waals surface area contributed by atoms with E-state index in [1.54, 1.807) is 6.92 Å². The van der Waals surface area contributed by atoms with Crippen LogP contribution in [0.15, 0.2) is 24.3 Å². The molecule has 5 nitrogen and oxygen atoms in total. The van der Waals surface area contributed by atoms with Crippen LogP contribution in [0.3, 0.4) is 0 Å². The second kappa shape index (κ2) is 6.05. The van der Waals surface area contributed by atoms with E-state index in [1.807, 2.05) is 31.2 Å². The monoisotopic (exact) mass is 276 g/mol. The molecular weight excluding hydrogens is 256 g/mol. The lowest BCUT2D eigenvalue weighted by molar-refractivity contribution is -0.137. The Morgan fingerprint density at radius 2 is 2.15 bits per heavy atom. The van der Waals surface area contributed by atoms with Gasteiger partial charge < -0.3 is 15.3 Å². The molecule has 0 aliphatic carbocycles. The number of carbonyl (C=O) groups excluding carboxylic acids is 2. The molecule has 0 saturated carbocycles. The fourth-order valence-corrected chi connectivity index (χ4v) is 2.34. The molecule has 1 aromatic rings. The molecule has 1 aliphatic heterocycles. The number of hydrogen-bond donors (Lipinski definition) is 2. The number of amides is 2. The average molecular weight is 276 g/mol. The normalized spacial score (nSPS) is 18.6. The van der Waals surface area contributed by atoms with Gasteiger partial charge in [0.25, 0.3) is 0 Å². The number of carbonyl (C=O) groups is 2. The van der Waals surface area contributed by atoms with Gasteiger partial charge in [0.2, 0.25) is 0 Å². The molecule has 2 rings (SSSR count). The van der Waals surface area contributed by atoms with Crippen molar-refractivity contribution in [1.82, 2.24) is 5.32 Å². The summed E-state index contributed by atoms with van der Waals surface area (Å²) in [7, 11) is 0. The first-order valence-electron chi connectivity index (χ1n) is 6.84. The van der Waals surface area contributed by atoms with Gasteiger partial charge in [0.05, 0.1) is 0 Å². The van der Waals surface area contributed by atoms with E-state index in [9.17, 15) is 9.59 Å². The number of rotatable bonds is 3. The SMILES string of the molecule is CC(CO)CNC(=O)C(=O)N1CC(C)c2ccccc21. The van der Waals surface area contributed by atoms with Gasteiger partial charge in [-0.3, -0.25) is 9.59 Å². The summed E-state index contributed by atoms with van der Waals surface area (Å²) < 4.78 is 0. The Bertz CT molecular complexity index is 516. The van der Waals surface area contributed by atoms with Crippen LogP contribution < -0.4 is 10.2 Å². The lowest BCUT2D eigenvalue weighted by atomic mass is 10.0. The molecule has 0 bridgehead atoms. The third kappa shape index (κ3) is 2.82. The van der Waals surface area contributed by atoms with Gasteiger partial charge in [-0.05, 0) is 17.5 Å². The number of benzene rings is 1. The van der Waals surface area contributed by atoms with Crippen LogP contribution in [0.5, 0.6) is 0 Å². The maximum absolute atomic E-state index is 12.2. The summed E-state index contributed by atoms with van der Waals surface area (Å²) in [5.41, 5.74) is 1.91. The zero-order valence-electron chi connectivity index (χ0n) is 11.8. The Morgan fingerprint density at radius 1 is 1.45 bits per heavy atom. The number of nitrogens with one attached hydrogen (secondary N) is 1. The molecule has 0 fully saturated rings. The van der Waals surface area contributed by atoms with Crippen molar-refractivity contribution < 1.29 is 14.7 Å². The van der Waals surface area contributed by atoms with Gasteiger partial charge in [0, 0.05) is 31.3 Å². The minimum Gasteiger partial charge on any atom is -0.396 e. The predicted molar refractivity (Wildman–Crippen MR) is 76.5 cm³/mol. The van der Waals surface area contributed by atoms with Crippen LogP contribution in [0, 0.1) is 5.92 Å². The molecule has 20 heavy (non-hydrogen) atoms. The van der Waals surface area contributed by atoms with Crippen LogP contribution in [0.2, 0.25) is 0 Å². The highest BCUT2D eigenvalue weighted by Crippen LogP contribution is 2.35. The number of anilines is 1. The van der Waals surface area contributed by atoms with Crippen molar-refractivity contribution >= 4 is 17.5 Å². The largest absolute Gasteiger partial charge is 0.396 e. The molecule has 108 valence electrons. The Morgan fingerprint density at radius 3 is 2.85 bits per heavy atom. The van der Waals surface area contributed by atoms with Crippen molar-refractivity contribution in [3.63, 3.8) is 0 Å². The van der Waals surface area contributed by atoms with Crippen molar-refractivity contribution in [3.05, 3.63) is 29.8 Å². The van der Waals surface area contributed by atoms with Crippen molar-refractivity contribution in [1.29, 1.82) is 0 Å². The van der Waals surface area contributed by atoms with Gasteiger partial charge in [0.15, 0.2) is 0 Å². The fraction of sp³-hybridized carbons (Fsp3) is 0.467. The molecule has 0 radical (unpaired) electrons. The van der Waals surface area contributed by atoms with Gasteiger partial charge in [-0.15, -0.1) is 0 Å². The lowest BCUT2D eigenvalue weighted by Gasteiger charge is -2.17. The second-order valence-corrected chi connectivity index (χ2v) is 5.37. The Hall–Kier alpha value is -1.88. The van der Waals surface area contributed by atoms with E-state index in [-0.39, 0.29) is 18.4 Å². The zero-order valence-corrected chi connectivity index (χ0v) is 11.8. The van der Waals surface area contributed by atoms with Crippen LogP contribution in [-0.4, -0.2) is 36.6 Å². The van der Waals surface area contributed by atoms with Crippen LogP contribution in [0.4, 0.5) is 5.69 Å². The summed E-state index contributed by atoms with van der Waals surface area (Å²) in [6, 6.07) is 7.65.